The Labute approximate surface area is 138 Å². The fraction of sp³-hybridized carbons (Fsp3) is 0.444. The van der Waals surface area contributed by atoms with Gasteiger partial charge in [0.05, 0.1) is 11.9 Å². The van der Waals surface area contributed by atoms with Gasteiger partial charge in [-0.05, 0) is 19.1 Å². The number of aryl methyl sites for hydroxylation is 1. The number of piperazine rings is 1. The molecular weight excluding hydrogens is 286 g/mol. The van der Waals surface area contributed by atoms with Gasteiger partial charge in [0.1, 0.15) is 5.82 Å². The van der Waals surface area contributed by atoms with Crippen molar-refractivity contribution in [3.05, 3.63) is 48.4 Å². The average Bonchev–Trinajstić information content (AvgIpc) is 2.61. The van der Waals surface area contributed by atoms with Gasteiger partial charge in [0.25, 0.3) is 0 Å². The molecule has 23 heavy (non-hydrogen) atoms. The summed E-state index contributed by atoms with van der Waals surface area (Å²) >= 11 is 0. The van der Waals surface area contributed by atoms with E-state index in [9.17, 15) is 0 Å². The van der Waals surface area contributed by atoms with Gasteiger partial charge in [-0.25, -0.2) is 4.98 Å². The lowest BCUT2D eigenvalue weighted by atomic mass is 10.2. The van der Waals surface area contributed by atoms with Crippen LogP contribution >= 0.6 is 0 Å². The minimum atomic E-state index is 0.952. The zero-order chi connectivity index (χ0) is 16.1. The zero-order valence-electron chi connectivity index (χ0n) is 14.0. The topological polar surface area (TPSA) is 35.5 Å². The number of nitrogens with zero attached hydrogens (tertiary/aromatic N) is 5. The van der Waals surface area contributed by atoms with E-state index >= 15 is 0 Å². The highest BCUT2D eigenvalue weighted by molar-refractivity contribution is 5.46. The number of rotatable bonds is 5. The SMILES string of the molecule is Cc1cncc(N(C)CCN2CCN(c3ccccc3)CC2)n1. The predicted octanol–water partition coefficient (Wildman–Crippen LogP) is 2.04. The summed E-state index contributed by atoms with van der Waals surface area (Å²) in [6.45, 7) is 8.44. The highest BCUT2D eigenvalue weighted by Crippen LogP contribution is 2.15. The van der Waals surface area contributed by atoms with Gasteiger partial charge in [0, 0.05) is 58.2 Å². The molecule has 0 bridgehead atoms. The van der Waals surface area contributed by atoms with Crippen LogP contribution in [-0.4, -0.2) is 61.2 Å². The summed E-state index contributed by atoms with van der Waals surface area (Å²) in [5, 5.41) is 0. The van der Waals surface area contributed by atoms with E-state index < -0.39 is 0 Å². The van der Waals surface area contributed by atoms with Crippen LogP contribution in [0.3, 0.4) is 0 Å². The van der Waals surface area contributed by atoms with Gasteiger partial charge in [-0.15, -0.1) is 0 Å². The first kappa shape index (κ1) is 15.7. The lowest BCUT2D eigenvalue weighted by Crippen LogP contribution is -2.48. The largest absolute Gasteiger partial charge is 0.369 e. The Morgan fingerprint density at radius 1 is 1.04 bits per heavy atom. The predicted molar refractivity (Wildman–Crippen MR) is 95.1 cm³/mol. The lowest BCUT2D eigenvalue weighted by molar-refractivity contribution is 0.263. The van der Waals surface area contributed by atoms with Gasteiger partial charge in [0.2, 0.25) is 0 Å². The summed E-state index contributed by atoms with van der Waals surface area (Å²) in [6.07, 6.45) is 3.63. The molecule has 1 aromatic heterocycles. The molecule has 0 radical (unpaired) electrons. The van der Waals surface area contributed by atoms with Crippen molar-refractivity contribution in [2.24, 2.45) is 0 Å². The van der Waals surface area contributed by atoms with Crippen molar-refractivity contribution in [1.29, 1.82) is 0 Å². The molecule has 0 N–H and O–H groups in total. The van der Waals surface area contributed by atoms with Crippen molar-refractivity contribution in [1.82, 2.24) is 14.9 Å². The van der Waals surface area contributed by atoms with Crippen molar-refractivity contribution >= 4 is 11.5 Å². The summed E-state index contributed by atoms with van der Waals surface area (Å²) < 4.78 is 0. The van der Waals surface area contributed by atoms with Crippen LogP contribution in [0.15, 0.2) is 42.7 Å². The fourth-order valence-electron chi connectivity index (χ4n) is 2.91. The molecule has 2 aromatic rings. The maximum absolute atomic E-state index is 4.53. The minimum Gasteiger partial charge on any atom is -0.369 e. The summed E-state index contributed by atoms with van der Waals surface area (Å²) in [7, 11) is 2.09. The number of hydrogen-bond acceptors (Lipinski definition) is 5. The monoisotopic (exact) mass is 311 g/mol. The second kappa shape index (κ2) is 7.42. The molecule has 2 heterocycles. The highest BCUT2D eigenvalue weighted by atomic mass is 15.3. The molecule has 0 atom stereocenters. The van der Waals surface area contributed by atoms with Crippen LogP contribution in [0.2, 0.25) is 0 Å². The summed E-state index contributed by atoms with van der Waals surface area (Å²) in [5.41, 5.74) is 2.30. The van der Waals surface area contributed by atoms with E-state index in [1.54, 1.807) is 6.20 Å². The van der Waals surface area contributed by atoms with Gasteiger partial charge < -0.3 is 9.80 Å². The molecule has 3 rings (SSSR count). The van der Waals surface area contributed by atoms with E-state index in [-0.39, 0.29) is 0 Å². The third-order valence-corrected chi connectivity index (χ3v) is 4.38. The molecule has 5 heteroatoms. The van der Waals surface area contributed by atoms with Crippen LogP contribution in [0.25, 0.3) is 0 Å². The van der Waals surface area contributed by atoms with Crippen LogP contribution in [0, 0.1) is 6.92 Å². The number of anilines is 2. The average molecular weight is 311 g/mol. The molecule has 1 saturated heterocycles. The molecule has 1 aromatic carbocycles. The normalized spacial score (nSPS) is 15.7. The summed E-state index contributed by atoms with van der Waals surface area (Å²) in [5.74, 6) is 0.952. The quantitative estimate of drug-likeness (QED) is 0.844. The van der Waals surface area contributed by atoms with Crippen molar-refractivity contribution in [2.45, 2.75) is 6.92 Å². The Hall–Kier alpha value is -2.14. The third-order valence-electron chi connectivity index (χ3n) is 4.38. The zero-order valence-corrected chi connectivity index (χ0v) is 14.0. The van der Waals surface area contributed by atoms with Gasteiger partial charge in [-0.1, -0.05) is 18.2 Å². The molecule has 5 nitrogen and oxygen atoms in total. The number of benzene rings is 1. The molecule has 0 aliphatic carbocycles. The van der Waals surface area contributed by atoms with Crippen LogP contribution in [0.1, 0.15) is 5.69 Å². The molecule has 0 amide bonds. The van der Waals surface area contributed by atoms with Crippen molar-refractivity contribution in [2.75, 3.05) is 56.1 Å². The molecular formula is C18H25N5. The Morgan fingerprint density at radius 2 is 1.78 bits per heavy atom. The molecule has 122 valence electrons. The number of likely N-dealkylation sites (N-methyl/N-ethyl adjacent to an activating group) is 1. The molecule has 1 fully saturated rings. The lowest BCUT2D eigenvalue weighted by Gasteiger charge is -2.36. The van der Waals surface area contributed by atoms with Gasteiger partial charge >= 0.3 is 0 Å². The van der Waals surface area contributed by atoms with Crippen LogP contribution in [-0.2, 0) is 0 Å². The number of hydrogen-bond donors (Lipinski definition) is 0. The highest BCUT2D eigenvalue weighted by Gasteiger charge is 2.17. The molecule has 1 aliphatic heterocycles. The molecule has 1 aliphatic rings. The summed E-state index contributed by atoms with van der Waals surface area (Å²) in [6, 6.07) is 10.7. The Kier molecular flexibility index (Phi) is 5.08. The second-order valence-electron chi connectivity index (χ2n) is 6.10. The van der Waals surface area contributed by atoms with Gasteiger partial charge in [-0.2, -0.15) is 0 Å². The number of aromatic nitrogens is 2. The Morgan fingerprint density at radius 3 is 2.48 bits per heavy atom. The first-order valence-corrected chi connectivity index (χ1v) is 8.24. The van der Waals surface area contributed by atoms with E-state index in [0.29, 0.717) is 0 Å². The first-order valence-electron chi connectivity index (χ1n) is 8.24. The Bertz CT molecular complexity index is 608. The fourth-order valence-corrected chi connectivity index (χ4v) is 2.91. The Balaban J connectivity index is 1.46. The van der Waals surface area contributed by atoms with Gasteiger partial charge in [0.15, 0.2) is 0 Å². The molecule has 0 saturated carbocycles. The van der Waals surface area contributed by atoms with E-state index in [0.717, 1.165) is 50.8 Å². The van der Waals surface area contributed by atoms with Crippen LogP contribution in [0.5, 0.6) is 0 Å². The van der Waals surface area contributed by atoms with E-state index in [4.69, 9.17) is 0 Å². The minimum absolute atomic E-state index is 0.952. The van der Waals surface area contributed by atoms with E-state index in [1.165, 1.54) is 5.69 Å². The maximum atomic E-state index is 4.53. The second-order valence-corrected chi connectivity index (χ2v) is 6.10. The van der Waals surface area contributed by atoms with Crippen molar-refractivity contribution in [3.8, 4) is 0 Å². The smallest absolute Gasteiger partial charge is 0.147 e. The maximum Gasteiger partial charge on any atom is 0.147 e. The number of para-hydroxylation sites is 1. The van der Waals surface area contributed by atoms with Crippen molar-refractivity contribution < 1.29 is 0 Å². The van der Waals surface area contributed by atoms with Crippen LogP contribution in [0.4, 0.5) is 11.5 Å². The van der Waals surface area contributed by atoms with Crippen LogP contribution < -0.4 is 9.80 Å². The first-order chi connectivity index (χ1) is 11.2. The van der Waals surface area contributed by atoms with Crippen molar-refractivity contribution in [3.63, 3.8) is 0 Å². The molecule has 0 unspecified atom stereocenters. The van der Waals surface area contributed by atoms with Gasteiger partial charge in [-0.3, -0.25) is 9.88 Å². The van der Waals surface area contributed by atoms with E-state index in [2.05, 4.69) is 62.0 Å². The standard InChI is InChI=1S/C18H25N5/c1-16-14-19-15-18(20-16)21(2)8-9-22-10-12-23(13-11-22)17-6-4-3-5-7-17/h3-7,14-15H,8-13H2,1-2H3. The summed E-state index contributed by atoms with van der Waals surface area (Å²) in [4.78, 5) is 15.9. The molecule has 0 spiro atoms. The van der Waals surface area contributed by atoms with E-state index in [1.807, 2.05) is 13.1 Å². The third kappa shape index (κ3) is 4.20.